The molecule has 0 aliphatic carbocycles. The van der Waals surface area contributed by atoms with Crippen LogP contribution < -0.4 is 0 Å². The van der Waals surface area contributed by atoms with E-state index in [0.29, 0.717) is 17.4 Å². The average molecular weight is 427 g/mol. The number of benzene rings is 2. The van der Waals surface area contributed by atoms with Gasteiger partial charge in [0.1, 0.15) is 11.4 Å². The van der Waals surface area contributed by atoms with Gasteiger partial charge in [0.25, 0.3) is 0 Å². The maximum absolute atomic E-state index is 10.3. The van der Waals surface area contributed by atoms with Gasteiger partial charge in [0.2, 0.25) is 0 Å². The Morgan fingerprint density at radius 3 is 2.66 bits per heavy atom. The minimum Gasteiger partial charge on any atom is -0.390 e. The Bertz CT molecular complexity index is 1070. The van der Waals surface area contributed by atoms with E-state index < -0.39 is 6.10 Å². The highest BCUT2D eigenvalue weighted by Gasteiger charge is 2.13. The Kier molecular flexibility index (Phi) is 6.41. The molecule has 2 heterocycles. The maximum Gasteiger partial charge on any atom is 0.167 e. The van der Waals surface area contributed by atoms with Gasteiger partial charge in [-0.05, 0) is 29.8 Å². The fraction of sp³-hybridized carbons (Fsp3) is 0.190. The number of para-hydroxylation sites is 1. The highest BCUT2D eigenvalue weighted by molar-refractivity contribution is 7.99. The topological polar surface area (TPSA) is 73.1 Å². The van der Waals surface area contributed by atoms with Gasteiger partial charge >= 0.3 is 0 Å². The minimum atomic E-state index is -0.610. The van der Waals surface area contributed by atoms with E-state index in [1.807, 2.05) is 54.6 Å². The van der Waals surface area contributed by atoms with E-state index in [1.54, 1.807) is 10.9 Å². The van der Waals surface area contributed by atoms with Crippen LogP contribution in [-0.2, 0) is 11.3 Å². The van der Waals surface area contributed by atoms with Crippen LogP contribution in [0.15, 0.2) is 72.1 Å². The van der Waals surface area contributed by atoms with E-state index in [-0.39, 0.29) is 6.61 Å². The summed E-state index contributed by atoms with van der Waals surface area (Å²) in [4.78, 5) is 8.73. The molecule has 1 N–H and O–H groups in total. The molecule has 0 saturated heterocycles. The lowest BCUT2D eigenvalue weighted by Crippen LogP contribution is -2.18. The predicted molar refractivity (Wildman–Crippen MR) is 114 cm³/mol. The lowest BCUT2D eigenvalue weighted by Gasteiger charge is -2.11. The van der Waals surface area contributed by atoms with E-state index in [2.05, 4.69) is 15.1 Å². The average Bonchev–Trinajstić information content (AvgIpc) is 3.19. The summed E-state index contributed by atoms with van der Waals surface area (Å²) in [5.41, 5.74) is 2.69. The molecule has 148 valence electrons. The number of fused-ring (bicyclic) bond motifs is 1. The molecule has 4 rings (SSSR count). The van der Waals surface area contributed by atoms with Crippen LogP contribution in [0.5, 0.6) is 0 Å². The second-order valence-corrected chi connectivity index (χ2v) is 7.86. The monoisotopic (exact) mass is 426 g/mol. The Morgan fingerprint density at radius 1 is 1.07 bits per heavy atom. The third kappa shape index (κ3) is 4.94. The smallest absolute Gasteiger partial charge is 0.167 e. The Hall–Kier alpha value is -2.45. The first-order valence-electron chi connectivity index (χ1n) is 9.08. The van der Waals surface area contributed by atoms with Crippen molar-refractivity contribution in [1.29, 1.82) is 0 Å². The number of nitrogens with zero attached hydrogens (tertiary/aromatic N) is 4. The molecule has 0 aliphatic heterocycles. The van der Waals surface area contributed by atoms with Gasteiger partial charge in [0.05, 0.1) is 36.6 Å². The summed E-state index contributed by atoms with van der Waals surface area (Å²) in [6, 6.07) is 17.3. The maximum atomic E-state index is 10.3. The second kappa shape index (κ2) is 9.37. The predicted octanol–water partition coefficient (Wildman–Crippen LogP) is 4.14. The fourth-order valence-electron chi connectivity index (χ4n) is 2.81. The summed E-state index contributed by atoms with van der Waals surface area (Å²) in [6.45, 7) is 0.674. The normalized spacial score (nSPS) is 12.3. The molecular formula is C21H19ClN4O2S. The molecule has 0 aliphatic rings. The van der Waals surface area contributed by atoms with E-state index in [9.17, 15) is 5.11 Å². The Balaban J connectivity index is 1.35. The molecular weight excluding hydrogens is 408 g/mol. The van der Waals surface area contributed by atoms with Gasteiger partial charge in [-0.2, -0.15) is 5.10 Å². The second-order valence-electron chi connectivity index (χ2n) is 6.41. The van der Waals surface area contributed by atoms with Crippen molar-refractivity contribution in [3.05, 3.63) is 77.7 Å². The third-order valence-corrected chi connectivity index (χ3v) is 5.64. The number of aliphatic hydroxyl groups is 1. The standard InChI is InChI=1S/C21H19ClN4O2S/c22-16-8-6-15(7-9-16)11-28-12-18(27)13-29-21-19-10-25-26(20(19)23-14-24-21)17-4-2-1-3-5-17/h1-10,14,18,27H,11-13H2. The molecule has 0 spiro atoms. The summed E-state index contributed by atoms with van der Waals surface area (Å²) in [7, 11) is 0. The van der Waals surface area contributed by atoms with Crippen LogP contribution in [0.4, 0.5) is 0 Å². The third-order valence-electron chi connectivity index (χ3n) is 4.23. The quantitative estimate of drug-likeness (QED) is 0.337. The van der Waals surface area contributed by atoms with Crippen molar-refractivity contribution < 1.29 is 9.84 Å². The number of rotatable bonds is 8. The number of thioether (sulfide) groups is 1. The summed E-state index contributed by atoms with van der Waals surface area (Å²) in [5.74, 6) is 0.462. The van der Waals surface area contributed by atoms with Crippen molar-refractivity contribution in [3.8, 4) is 5.69 Å². The van der Waals surface area contributed by atoms with Crippen LogP contribution in [0.3, 0.4) is 0 Å². The lowest BCUT2D eigenvalue weighted by molar-refractivity contribution is 0.0398. The molecule has 1 unspecified atom stereocenters. The zero-order valence-corrected chi connectivity index (χ0v) is 17.1. The van der Waals surface area contributed by atoms with Crippen LogP contribution in [0.2, 0.25) is 5.02 Å². The first kappa shape index (κ1) is 19.8. The van der Waals surface area contributed by atoms with Crippen LogP contribution in [0.25, 0.3) is 16.7 Å². The van der Waals surface area contributed by atoms with Crippen molar-refractivity contribution in [2.45, 2.75) is 17.7 Å². The zero-order chi connectivity index (χ0) is 20.1. The molecule has 0 saturated carbocycles. The Morgan fingerprint density at radius 2 is 1.86 bits per heavy atom. The van der Waals surface area contributed by atoms with Gasteiger partial charge in [-0.15, -0.1) is 11.8 Å². The molecule has 4 aromatic rings. The largest absolute Gasteiger partial charge is 0.390 e. The van der Waals surface area contributed by atoms with Crippen LogP contribution in [0.1, 0.15) is 5.56 Å². The highest BCUT2D eigenvalue weighted by Crippen LogP contribution is 2.26. The summed E-state index contributed by atoms with van der Waals surface area (Å²) in [5, 5.41) is 17.0. The molecule has 2 aromatic carbocycles. The van der Waals surface area contributed by atoms with Gasteiger partial charge in [-0.1, -0.05) is 41.9 Å². The molecule has 0 fully saturated rings. The number of hydrogen-bond acceptors (Lipinski definition) is 6. The molecule has 0 amide bonds. The summed E-state index contributed by atoms with van der Waals surface area (Å²) < 4.78 is 7.39. The van der Waals surface area contributed by atoms with Crippen molar-refractivity contribution in [3.63, 3.8) is 0 Å². The van der Waals surface area contributed by atoms with Gasteiger partial charge in [-0.25, -0.2) is 14.6 Å². The lowest BCUT2D eigenvalue weighted by atomic mass is 10.2. The SMILES string of the molecule is OC(COCc1ccc(Cl)cc1)CSc1ncnc2c1cnn2-c1ccccc1. The Labute approximate surface area is 177 Å². The number of hydrogen-bond donors (Lipinski definition) is 1. The van der Waals surface area contributed by atoms with E-state index in [1.165, 1.54) is 18.1 Å². The van der Waals surface area contributed by atoms with Crippen molar-refractivity contribution >= 4 is 34.4 Å². The first-order chi connectivity index (χ1) is 14.2. The highest BCUT2D eigenvalue weighted by atomic mass is 35.5. The zero-order valence-electron chi connectivity index (χ0n) is 15.5. The fourth-order valence-corrected chi connectivity index (χ4v) is 3.81. The van der Waals surface area contributed by atoms with Crippen LogP contribution >= 0.6 is 23.4 Å². The van der Waals surface area contributed by atoms with E-state index >= 15 is 0 Å². The molecule has 1 atom stereocenters. The molecule has 8 heteroatoms. The number of aromatic nitrogens is 4. The summed E-state index contributed by atoms with van der Waals surface area (Å²) in [6.07, 6.45) is 2.67. The molecule has 6 nitrogen and oxygen atoms in total. The van der Waals surface area contributed by atoms with Crippen molar-refractivity contribution in [2.75, 3.05) is 12.4 Å². The van der Waals surface area contributed by atoms with Crippen LogP contribution in [0, 0.1) is 0 Å². The van der Waals surface area contributed by atoms with Crippen LogP contribution in [-0.4, -0.2) is 43.3 Å². The van der Waals surface area contributed by atoms with Gasteiger partial charge < -0.3 is 9.84 Å². The molecule has 0 radical (unpaired) electrons. The van der Waals surface area contributed by atoms with Gasteiger partial charge in [0.15, 0.2) is 5.65 Å². The molecule has 0 bridgehead atoms. The number of halogens is 1. The van der Waals surface area contributed by atoms with Gasteiger partial charge in [0, 0.05) is 10.8 Å². The van der Waals surface area contributed by atoms with E-state index in [0.717, 1.165) is 27.3 Å². The number of ether oxygens (including phenoxy) is 1. The molecule has 29 heavy (non-hydrogen) atoms. The van der Waals surface area contributed by atoms with E-state index in [4.69, 9.17) is 16.3 Å². The van der Waals surface area contributed by atoms with Crippen molar-refractivity contribution in [1.82, 2.24) is 19.7 Å². The number of aliphatic hydroxyl groups excluding tert-OH is 1. The van der Waals surface area contributed by atoms with Gasteiger partial charge in [-0.3, -0.25) is 0 Å². The molecule has 2 aromatic heterocycles. The summed E-state index contributed by atoms with van der Waals surface area (Å²) >= 11 is 7.34. The first-order valence-corrected chi connectivity index (χ1v) is 10.4. The van der Waals surface area contributed by atoms with Crippen molar-refractivity contribution in [2.24, 2.45) is 0 Å². The minimum absolute atomic E-state index is 0.243.